The number of ether oxygens (including phenoxy) is 2. The molecule has 0 amide bonds. The second-order valence-corrected chi connectivity index (χ2v) is 4.64. The van der Waals surface area contributed by atoms with Crippen molar-refractivity contribution in [2.45, 2.75) is 0 Å². The summed E-state index contributed by atoms with van der Waals surface area (Å²) in [6, 6.07) is 17.1. The van der Waals surface area contributed by atoms with Crippen molar-refractivity contribution in [3.63, 3.8) is 0 Å². The van der Waals surface area contributed by atoms with Crippen molar-refractivity contribution in [2.24, 2.45) is 0 Å². The first-order chi connectivity index (χ1) is 10.3. The molecule has 21 heavy (non-hydrogen) atoms. The molecule has 0 atom stereocenters. The monoisotopic (exact) mass is 278 g/mol. The Kier molecular flexibility index (Phi) is 3.56. The first-order valence-electron chi connectivity index (χ1n) is 6.61. The molecule has 0 aromatic heterocycles. The van der Waals surface area contributed by atoms with Gasteiger partial charge in [0.2, 0.25) is 0 Å². The Morgan fingerprint density at radius 1 is 1.05 bits per heavy atom. The lowest BCUT2D eigenvalue weighted by Crippen LogP contribution is -1.97. The van der Waals surface area contributed by atoms with Gasteiger partial charge in [-0.2, -0.15) is 0 Å². The molecular weight excluding hydrogens is 264 g/mol. The molecule has 2 aromatic rings. The van der Waals surface area contributed by atoms with Gasteiger partial charge in [-0.15, -0.1) is 0 Å². The second kappa shape index (κ2) is 5.67. The largest absolute Gasteiger partial charge is 0.497 e. The molecule has 3 heteroatoms. The molecule has 0 aliphatic carbocycles. The first-order valence-corrected chi connectivity index (χ1v) is 6.61. The van der Waals surface area contributed by atoms with Crippen molar-refractivity contribution in [1.82, 2.24) is 0 Å². The van der Waals surface area contributed by atoms with Gasteiger partial charge in [-0.1, -0.05) is 42.5 Å². The van der Waals surface area contributed by atoms with Crippen LogP contribution in [0.1, 0.15) is 11.1 Å². The van der Waals surface area contributed by atoms with E-state index in [4.69, 9.17) is 9.47 Å². The highest BCUT2D eigenvalue weighted by atomic mass is 16.5. The third kappa shape index (κ3) is 2.87. The molecule has 1 heterocycles. The Bertz CT molecular complexity index is 727. The number of methoxy groups -OCH3 is 1. The number of esters is 1. The number of cyclic esters (lactones) is 1. The average Bonchev–Trinajstić information content (AvgIpc) is 2.89. The quantitative estimate of drug-likeness (QED) is 0.634. The maximum atomic E-state index is 11.9. The summed E-state index contributed by atoms with van der Waals surface area (Å²) in [4.78, 5) is 11.9. The SMILES string of the molecule is COc1cccc(C=C2C=C(c3ccccc3)OC2=O)c1. The van der Waals surface area contributed by atoms with Crippen molar-refractivity contribution in [1.29, 1.82) is 0 Å². The van der Waals surface area contributed by atoms with Crippen molar-refractivity contribution in [3.05, 3.63) is 77.4 Å². The minimum atomic E-state index is -0.336. The molecule has 0 unspecified atom stereocenters. The van der Waals surface area contributed by atoms with E-state index in [0.29, 0.717) is 11.3 Å². The van der Waals surface area contributed by atoms with E-state index < -0.39 is 0 Å². The number of hydrogen-bond acceptors (Lipinski definition) is 3. The normalized spacial score (nSPS) is 15.8. The molecular formula is C18H14O3. The van der Waals surface area contributed by atoms with Gasteiger partial charge >= 0.3 is 5.97 Å². The van der Waals surface area contributed by atoms with Gasteiger partial charge in [0.25, 0.3) is 0 Å². The Hall–Kier alpha value is -2.81. The van der Waals surface area contributed by atoms with E-state index in [2.05, 4.69) is 0 Å². The summed E-state index contributed by atoms with van der Waals surface area (Å²) >= 11 is 0. The van der Waals surface area contributed by atoms with E-state index in [0.717, 1.165) is 16.9 Å². The molecule has 0 saturated heterocycles. The van der Waals surface area contributed by atoms with Crippen molar-refractivity contribution in [3.8, 4) is 5.75 Å². The topological polar surface area (TPSA) is 35.5 Å². The first kappa shape index (κ1) is 13.2. The zero-order chi connectivity index (χ0) is 14.7. The van der Waals surface area contributed by atoms with Gasteiger partial charge < -0.3 is 9.47 Å². The molecule has 1 aliphatic rings. The van der Waals surface area contributed by atoms with Gasteiger partial charge in [-0.05, 0) is 29.8 Å². The standard InChI is InChI=1S/C18H14O3/c1-20-16-9-5-6-13(11-16)10-15-12-17(21-18(15)19)14-7-3-2-4-8-14/h2-12H,1H3. The molecule has 0 spiro atoms. The zero-order valence-corrected chi connectivity index (χ0v) is 11.6. The van der Waals surface area contributed by atoms with Crippen LogP contribution in [0.3, 0.4) is 0 Å². The van der Waals surface area contributed by atoms with E-state index in [1.54, 1.807) is 19.3 Å². The molecule has 0 saturated carbocycles. The molecule has 0 fully saturated rings. The minimum absolute atomic E-state index is 0.336. The lowest BCUT2D eigenvalue weighted by molar-refractivity contribution is -0.130. The third-order valence-corrected chi connectivity index (χ3v) is 3.20. The van der Waals surface area contributed by atoms with Gasteiger partial charge in [0.05, 0.1) is 12.7 Å². The molecule has 3 nitrogen and oxygen atoms in total. The van der Waals surface area contributed by atoms with Crippen LogP contribution >= 0.6 is 0 Å². The van der Waals surface area contributed by atoms with Crippen LogP contribution in [0.4, 0.5) is 0 Å². The minimum Gasteiger partial charge on any atom is -0.497 e. The predicted octanol–water partition coefficient (Wildman–Crippen LogP) is 3.68. The van der Waals surface area contributed by atoms with Crippen LogP contribution < -0.4 is 4.74 Å². The van der Waals surface area contributed by atoms with Gasteiger partial charge in [-0.25, -0.2) is 4.79 Å². The Labute approximate surface area is 123 Å². The summed E-state index contributed by atoms with van der Waals surface area (Å²) < 4.78 is 10.5. The smallest absolute Gasteiger partial charge is 0.343 e. The summed E-state index contributed by atoms with van der Waals surface area (Å²) in [5.41, 5.74) is 2.31. The van der Waals surface area contributed by atoms with Crippen molar-refractivity contribution >= 4 is 17.8 Å². The molecule has 2 aromatic carbocycles. The average molecular weight is 278 g/mol. The second-order valence-electron chi connectivity index (χ2n) is 4.64. The number of carbonyl (C=O) groups excluding carboxylic acids is 1. The van der Waals surface area contributed by atoms with Gasteiger partial charge in [-0.3, -0.25) is 0 Å². The fourth-order valence-corrected chi connectivity index (χ4v) is 2.14. The van der Waals surface area contributed by atoms with Crippen LogP contribution in [0.15, 0.2) is 66.2 Å². The summed E-state index contributed by atoms with van der Waals surface area (Å²) in [6.07, 6.45) is 3.55. The maximum Gasteiger partial charge on any atom is 0.343 e. The Morgan fingerprint density at radius 3 is 2.62 bits per heavy atom. The lowest BCUT2D eigenvalue weighted by Gasteiger charge is -2.01. The van der Waals surface area contributed by atoms with Gasteiger partial charge in [0, 0.05) is 5.56 Å². The molecule has 1 aliphatic heterocycles. The number of benzene rings is 2. The highest BCUT2D eigenvalue weighted by Gasteiger charge is 2.21. The summed E-state index contributed by atoms with van der Waals surface area (Å²) in [7, 11) is 1.61. The summed E-state index contributed by atoms with van der Waals surface area (Å²) in [6.45, 7) is 0. The van der Waals surface area contributed by atoms with Crippen LogP contribution in [0.25, 0.3) is 11.8 Å². The van der Waals surface area contributed by atoms with Crippen molar-refractivity contribution < 1.29 is 14.3 Å². The molecule has 0 bridgehead atoms. The maximum absolute atomic E-state index is 11.9. The summed E-state index contributed by atoms with van der Waals surface area (Å²) in [5, 5.41) is 0. The summed E-state index contributed by atoms with van der Waals surface area (Å²) in [5.74, 6) is 0.995. The highest BCUT2D eigenvalue weighted by Crippen LogP contribution is 2.27. The Morgan fingerprint density at radius 2 is 1.86 bits per heavy atom. The fourth-order valence-electron chi connectivity index (χ4n) is 2.14. The van der Waals surface area contributed by atoms with E-state index >= 15 is 0 Å². The number of hydrogen-bond donors (Lipinski definition) is 0. The lowest BCUT2D eigenvalue weighted by atomic mass is 10.1. The molecule has 3 rings (SSSR count). The number of rotatable bonds is 3. The van der Waals surface area contributed by atoms with Gasteiger partial charge in [0.15, 0.2) is 0 Å². The molecule has 0 radical (unpaired) electrons. The Balaban J connectivity index is 1.93. The van der Waals surface area contributed by atoms with E-state index in [-0.39, 0.29) is 5.97 Å². The van der Waals surface area contributed by atoms with E-state index in [1.165, 1.54) is 0 Å². The van der Waals surface area contributed by atoms with Crippen LogP contribution in [-0.2, 0) is 9.53 Å². The van der Waals surface area contributed by atoms with Crippen LogP contribution in [-0.4, -0.2) is 13.1 Å². The molecule has 0 N–H and O–H groups in total. The highest BCUT2D eigenvalue weighted by molar-refractivity contribution is 6.05. The van der Waals surface area contributed by atoms with Gasteiger partial charge in [0.1, 0.15) is 11.5 Å². The number of carbonyl (C=O) groups is 1. The van der Waals surface area contributed by atoms with E-state index in [9.17, 15) is 4.79 Å². The van der Waals surface area contributed by atoms with Crippen molar-refractivity contribution in [2.75, 3.05) is 7.11 Å². The zero-order valence-electron chi connectivity index (χ0n) is 11.6. The van der Waals surface area contributed by atoms with Crippen LogP contribution in [0.5, 0.6) is 5.75 Å². The fraction of sp³-hybridized carbons (Fsp3) is 0.0556. The van der Waals surface area contributed by atoms with E-state index in [1.807, 2.05) is 54.6 Å². The third-order valence-electron chi connectivity index (χ3n) is 3.20. The van der Waals surface area contributed by atoms with Crippen LogP contribution in [0, 0.1) is 0 Å². The molecule has 104 valence electrons. The predicted molar refractivity (Wildman–Crippen MR) is 81.5 cm³/mol. The van der Waals surface area contributed by atoms with Crippen LogP contribution in [0.2, 0.25) is 0 Å².